The second-order valence-electron chi connectivity index (χ2n) is 2.76. The van der Waals surface area contributed by atoms with Crippen LogP contribution in [0.25, 0.3) is 0 Å². The molecule has 1 unspecified atom stereocenters. The van der Waals surface area contributed by atoms with Gasteiger partial charge in [-0.3, -0.25) is 4.55 Å². The highest BCUT2D eigenvalue weighted by atomic mass is 32.2. The molecule has 1 rings (SSSR count). The molecule has 0 bridgehead atoms. The molecule has 1 aliphatic heterocycles. The predicted octanol–water partition coefficient (Wildman–Crippen LogP) is 0.609. The van der Waals surface area contributed by atoms with Crippen LogP contribution in [0.4, 0.5) is 0 Å². The lowest BCUT2D eigenvalue weighted by Crippen LogP contribution is -2.22. The Labute approximate surface area is 72.0 Å². The van der Waals surface area contributed by atoms with Crippen LogP contribution in [-0.4, -0.2) is 31.4 Å². The van der Waals surface area contributed by atoms with Gasteiger partial charge in [0.2, 0.25) is 0 Å². The topological polar surface area (TPSA) is 63.6 Å². The Balaban J connectivity index is 2.76. The van der Waals surface area contributed by atoms with Gasteiger partial charge in [0, 0.05) is 0 Å². The zero-order valence-electron chi connectivity index (χ0n) is 6.86. The molecule has 1 heterocycles. The minimum absolute atomic E-state index is 0.440. The Morgan fingerprint density at radius 3 is 2.75 bits per heavy atom. The van der Waals surface area contributed by atoms with Gasteiger partial charge in [-0.15, -0.1) is 0 Å². The van der Waals surface area contributed by atoms with Crippen LogP contribution < -0.4 is 0 Å². The van der Waals surface area contributed by atoms with Gasteiger partial charge < -0.3 is 4.74 Å². The molecule has 0 aromatic rings. The molecule has 0 aromatic heterocycles. The quantitative estimate of drug-likeness (QED) is 0.514. The van der Waals surface area contributed by atoms with Gasteiger partial charge >= 0.3 is 0 Å². The van der Waals surface area contributed by atoms with E-state index in [2.05, 4.69) is 0 Å². The van der Waals surface area contributed by atoms with E-state index < -0.39 is 15.4 Å². The van der Waals surface area contributed by atoms with E-state index >= 15 is 0 Å². The Hall–Kier alpha value is -0.390. The van der Waals surface area contributed by atoms with Crippen LogP contribution in [0.3, 0.4) is 0 Å². The maximum atomic E-state index is 10.7. The van der Waals surface area contributed by atoms with E-state index in [4.69, 9.17) is 9.29 Å². The van der Waals surface area contributed by atoms with Crippen molar-refractivity contribution >= 4 is 10.1 Å². The van der Waals surface area contributed by atoms with Gasteiger partial charge in [-0.25, -0.2) is 0 Å². The molecule has 1 aliphatic rings. The molecule has 5 heteroatoms. The van der Waals surface area contributed by atoms with Crippen LogP contribution >= 0.6 is 0 Å². The standard InChI is InChI=1S/C7H12O4S/c1-6(12(8,9)10)7-2-4-11-5-3-7/h2,6H,3-5H2,1H3,(H,8,9,10). The molecule has 4 nitrogen and oxygen atoms in total. The summed E-state index contributed by atoms with van der Waals surface area (Å²) in [6.45, 7) is 2.45. The Morgan fingerprint density at radius 2 is 2.33 bits per heavy atom. The molecule has 0 aliphatic carbocycles. The Bertz CT molecular complexity index is 278. The summed E-state index contributed by atoms with van der Waals surface area (Å²) in [7, 11) is -3.93. The molecule has 12 heavy (non-hydrogen) atoms. The summed E-state index contributed by atoms with van der Waals surface area (Å²) in [5.41, 5.74) is 0.740. The normalized spacial score (nSPS) is 21.7. The van der Waals surface area contributed by atoms with Crippen molar-refractivity contribution in [2.45, 2.75) is 18.6 Å². The lowest BCUT2D eigenvalue weighted by Gasteiger charge is -2.17. The minimum atomic E-state index is -3.93. The zero-order valence-corrected chi connectivity index (χ0v) is 7.67. The van der Waals surface area contributed by atoms with Gasteiger partial charge in [0.15, 0.2) is 0 Å². The third kappa shape index (κ3) is 2.30. The summed E-state index contributed by atoms with van der Waals surface area (Å²) in [6, 6.07) is 0. The molecular formula is C7H12O4S. The van der Waals surface area contributed by atoms with Crippen LogP contribution in [0.15, 0.2) is 11.6 Å². The maximum absolute atomic E-state index is 10.7. The van der Waals surface area contributed by atoms with Crippen molar-refractivity contribution in [1.82, 2.24) is 0 Å². The van der Waals surface area contributed by atoms with Gasteiger partial charge in [0.25, 0.3) is 10.1 Å². The minimum Gasteiger partial charge on any atom is -0.377 e. The van der Waals surface area contributed by atoms with Gasteiger partial charge in [-0.1, -0.05) is 6.08 Å². The SMILES string of the molecule is CC(C1=CCOCC1)S(=O)(=O)O. The zero-order chi connectivity index (χ0) is 9.19. The largest absolute Gasteiger partial charge is 0.377 e. The van der Waals surface area contributed by atoms with Crippen LogP contribution in [0, 0.1) is 0 Å². The van der Waals surface area contributed by atoms with Crippen molar-refractivity contribution in [1.29, 1.82) is 0 Å². The van der Waals surface area contributed by atoms with Crippen molar-refractivity contribution in [3.8, 4) is 0 Å². The lowest BCUT2D eigenvalue weighted by molar-refractivity contribution is 0.153. The summed E-state index contributed by atoms with van der Waals surface area (Å²) in [4.78, 5) is 0. The van der Waals surface area contributed by atoms with Gasteiger partial charge in [-0.05, 0) is 18.9 Å². The third-order valence-corrected chi connectivity index (χ3v) is 3.16. The van der Waals surface area contributed by atoms with Crippen LogP contribution in [0.5, 0.6) is 0 Å². The number of hydrogen-bond acceptors (Lipinski definition) is 3. The van der Waals surface area contributed by atoms with Crippen molar-refractivity contribution in [3.05, 3.63) is 11.6 Å². The molecule has 1 atom stereocenters. The van der Waals surface area contributed by atoms with E-state index in [0.29, 0.717) is 19.6 Å². The lowest BCUT2D eigenvalue weighted by atomic mass is 10.1. The summed E-state index contributed by atoms with van der Waals surface area (Å²) in [5.74, 6) is 0. The number of rotatable bonds is 2. The summed E-state index contributed by atoms with van der Waals surface area (Å²) in [6.07, 6.45) is 2.29. The van der Waals surface area contributed by atoms with Crippen molar-refractivity contribution in [2.24, 2.45) is 0 Å². The van der Waals surface area contributed by atoms with Crippen LogP contribution in [0.1, 0.15) is 13.3 Å². The van der Waals surface area contributed by atoms with Gasteiger partial charge in [-0.2, -0.15) is 8.42 Å². The predicted molar refractivity (Wildman–Crippen MR) is 44.5 cm³/mol. The maximum Gasteiger partial charge on any atom is 0.271 e. The van der Waals surface area contributed by atoms with E-state index in [1.165, 1.54) is 6.92 Å². The van der Waals surface area contributed by atoms with Crippen molar-refractivity contribution in [3.63, 3.8) is 0 Å². The molecule has 1 N–H and O–H groups in total. The third-order valence-electron chi connectivity index (χ3n) is 1.97. The van der Waals surface area contributed by atoms with Crippen molar-refractivity contribution in [2.75, 3.05) is 13.2 Å². The fraction of sp³-hybridized carbons (Fsp3) is 0.714. The molecule has 0 saturated heterocycles. The van der Waals surface area contributed by atoms with E-state index in [-0.39, 0.29) is 0 Å². The molecule has 0 spiro atoms. The second kappa shape index (κ2) is 3.55. The number of hydrogen-bond donors (Lipinski definition) is 1. The van der Waals surface area contributed by atoms with Crippen LogP contribution in [-0.2, 0) is 14.9 Å². The monoisotopic (exact) mass is 192 g/mol. The van der Waals surface area contributed by atoms with E-state index in [9.17, 15) is 8.42 Å². The molecule has 0 aromatic carbocycles. The van der Waals surface area contributed by atoms with Crippen LogP contribution in [0.2, 0.25) is 0 Å². The van der Waals surface area contributed by atoms with E-state index in [0.717, 1.165) is 5.57 Å². The average molecular weight is 192 g/mol. The first kappa shape index (κ1) is 9.70. The van der Waals surface area contributed by atoms with Crippen molar-refractivity contribution < 1.29 is 17.7 Å². The molecular weight excluding hydrogens is 180 g/mol. The fourth-order valence-electron chi connectivity index (χ4n) is 1.10. The molecule has 0 fully saturated rings. The molecule has 0 radical (unpaired) electrons. The smallest absolute Gasteiger partial charge is 0.271 e. The first-order chi connectivity index (χ1) is 5.52. The molecule has 0 amide bonds. The average Bonchev–Trinajstić information content (AvgIpc) is 2.03. The first-order valence-electron chi connectivity index (χ1n) is 3.75. The Kier molecular flexibility index (Phi) is 2.87. The highest BCUT2D eigenvalue weighted by molar-refractivity contribution is 7.86. The van der Waals surface area contributed by atoms with E-state index in [1.54, 1.807) is 6.08 Å². The number of ether oxygens (including phenoxy) is 1. The molecule has 70 valence electrons. The molecule has 0 saturated carbocycles. The second-order valence-corrected chi connectivity index (χ2v) is 4.50. The fourth-order valence-corrected chi connectivity index (χ4v) is 1.70. The highest BCUT2D eigenvalue weighted by Crippen LogP contribution is 2.17. The van der Waals surface area contributed by atoms with Gasteiger partial charge in [0.05, 0.1) is 13.2 Å². The summed E-state index contributed by atoms with van der Waals surface area (Å²) < 4.78 is 35.1. The van der Waals surface area contributed by atoms with Gasteiger partial charge in [0.1, 0.15) is 5.25 Å². The summed E-state index contributed by atoms with van der Waals surface area (Å²) in [5, 5.41) is -0.790. The first-order valence-corrected chi connectivity index (χ1v) is 5.25. The summed E-state index contributed by atoms with van der Waals surface area (Å²) >= 11 is 0. The Morgan fingerprint density at radius 1 is 1.67 bits per heavy atom. The highest BCUT2D eigenvalue weighted by Gasteiger charge is 2.22. The van der Waals surface area contributed by atoms with E-state index in [1.807, 2.05) is 0 Å².